The van der Waals surface area contributed by atoms with Crippen molar-refractivity contribution in [2.45, 2.75) is 37.2 Å². The predicted molar refractivity (Wildman–Crippen MR) is 45.2 cm³/mol. The number of halogens is 1. The molecule has 0 amide bonds. The average molecular weight is 179 g/mol. The third-order valence-corrected chi connectivity index (χ3v) is 2.44. The van der Waals surface area contributed by atoms with Gasteiger partial charge in [-0.15, -0.1) is 11.6 Å². The molecule has 66 valence electrons. The molecule has 4 heteroatoms. The fourth-order valence-electron chi connectivity index (χ4n) is 1.35. The van der Waals surface area contributed by atoms with E-state index in [0.717, 1.165) is 25.7 Å². The molecule has 1 saturated carbocycles. The molecule has 1 aliphatic carbocycles. The summed E-state index contributed by atoms with van der Waals surface area (Å²) in [6.45, 7) is 0.442. The normalized spacial score (nSPS) is 32.2. The molecule has 3 N–H and O–H groups in total. The number of alkyl halides is 1. The summed E-state index contributed by atoms with van der Waals surface area (Å²) in [6.07, 6.45) is 4.63. The zero-order valence-corrected chi connectivity index (χ0v) is 7.31. The number of nitrogens with one attached hydrogen (secondary N) is 1. The van der Waals surface area contributed by atoms with Gasteiger partial charge >= 0.3 is 0 Å². The summed E-state index contributed by atoms with van der Waals surface area (Å²) < 4.78 is 5.39. The van der Waals surface area contributed by atoms with E-state index in [9.17, 15) is 0 Å². The van der Waals surface area contributed by atoms with Crippen molar-refractivity contribution in [1.29, 1.82) is 0 Å². The Hall–Kier alpha value is 0.170. The molecule has 0 atom stereocenters. The van der Waals surface area contributed by atoms with Gasteiger partial charge in [0.15, 0.2) is 0 Å². The van der Waals surface area contributed by atoms with Crippen LogP contribution in [0.3, 0.4) is 0 Å². The van der Waals surface area contributed by atoms with Crippen LogP contribution < -0.4 is 11.3 Å². The Morgan fingerprint density at radius 3 is 2.55 bits per heavy atom. The lowest BCUT2D eigenvalue weighted by Gasteiger charge is -2.24. The summed E-state index contributed by atoms with van der Waals surface area (Å²) in [6, 6.07) is 0. The number of ether oxygens (including phenoxy) is 1. The second-order valence-corrected chi connectivity index (χ2v) is 3.51. The van der Waals surface area contributed by atoms with Crippen molar-refractivity contribution in [1.82, 2.24) is 5.43 Å². The second-order valence-electron chi connectivity index (χ2n) is 2.89. The minimum Gasteiger partial charge on any atom is -0.362 e. The molecule has 1 fully saturated rings. The van der Waals surface area contributed by atoms with Gasteiger partial charge in [0.05, 0.1) is 6.10 Å². The van der Waals surface area contributed by atoms with Crippen LogP contribution in [-0.2, 0) is 4.74 Å². The third-order valence-electron chi connectivity index (χ3n) is 2.01. The zero-order valence-electron chi connectivity index (χ0n) is 6.55. The molecule has 0 aromatic carbocycles. The summed E-state index contributed by atoms with van der Waals surface area (Å²) in [5.74, 6) is 5.07. The van der Waals surface area contributed by atoms with Crippen molar-refractivity contribution in [3.8, 4) is 0 Å². The first kappa shape index (κ1) is 9.26. The van der Waals surface area contributed by atoms with Crippen LogP contribution in [0, 0.1) is 0 Å². The third kappa shape index (κ3) is 3.38. The molecular formula is C7H15ClN2O. The van der Waals surface area contributed by atoms with Crippen LogP contribution in [0.5, 0.6) is 0 Å². The van der Waals surface area contributed by atoms with Crippen LogP contribution in [0.2, 0.25) is 0 Å². The molecule has 3 nitrogen and oxygen atoms in total. The minimum atomic E-state index is 0.362. The summed E-state index contributed by atoms with van der Waals surface area (Å²) in [7, 11) is 0. The van der Waals surface area contributed by atoms with Gasteiger partial charge in [0, 0.05) is 5.38 Å². The maximum absolute atomic E-state index is 5.92. The highest BCUT2D eigenvalue weighted by Crippen LogP contribution is 2.24. The fraction of sp³-hybridized carbons (Fsp3) is 1.00. The molecule has 0 aromatic heterocycles. The van der Waals surface area contributed by atoms with E-state index in [4.69, 9.17) is 22.2 Å². The van der Waals surface area contributed by atoms with Crippen LogP contribution in [0.1, 0.15) is 25.7 Å². The van der Waals surface area contributed by atoms with Crippen molar-refractivity contribution in [3.05, 3.63) is 0 Å². The van der Waals surface area contributed by atoms with Gasteiger partial charge in [-0.2, -0.15) is 0 Å². The molecule has 11 heavy (non-hydrogen) atoms. The maximum atomic E-state index is 5.92. The molecular weight excluding hydrogens is 164 g/mol. The monoisotopic (exact) mass is 178 g/mol. The standard InChI is InChI=1S/C7H15ClN2O/c8-6-1-3-7(4-2-6)11-5-10-9/h6-7,10H,1-5,9H2. The van der Waals surface area contributed by atoms with E-state index in [0.29, 0.717) is 18.2 Å². The number of hydrogen-bond acceptors (Lipinski definition) is 3. The smallest absolute Gasteiger partial charge is 0.109 e. The van der Waals surface area contributed by atoms with E-state index in [1.54, 1.807) is 0 Å². The largest absolute Gasteiger partial charge is 0.362 e. The van der Waals surface area contributed by atoms with E-state index in [1.807, 2.05) is 0 Å². The molecule has 0 radical (unpaired) electrons. The Bertz CT molecular complexity index is 102. The zero-order chi connectivity index (χ0) is 8.10. The van der Waals surface area contributed by atoms with Crippen LogP contribution >= 0.6 is 11.6 Å². The molecule has 0 aliphatic heterocycles. The van der Waals surface area contributed by atoms with Crippen LogP contribution in [-0.4, -0.2) is 18.2 Å². The first-order valence-corrected chi connectivity index (χ1v) is 4.45. The molecule has 0 aromatic rings. The van der Waals surface area contributed by atoms with Crippen LogP contribution in [0.15, 0.2) is 0 Å². The molecule has 0 bridgehead atoms. The Balaban J connectivity index is 2.07. The lowest BCUT2D eigenvalue weighted by atomic mass is 9.97. The van der Waals surface area contributed by atoms with Crippen molar-refractivity contribution in [2.24, 2.45) is 5.84 Å². The van der Waals surface area contributed by atoms with E-state index in [-0.39, 0.29) is 0 Å². The highest BCUT2D eigenvalue weighted by molar-refractivity contribution is 6.20. The molecule has 0 unspecified atom stereocenters. The van der Waals surface area contributed by atoms with E-state index in [2.05, 4.69) is 5.43 Å². The van der Waals surface area contributed by atoms with E-state index >= 15 is 0 Å². The number of nitrogens with two attached hydrogens (primary N) is 1. The van der Waals surface area contributed by atoms with Gasteiger partial charge in [0.1, 0.15) is 6.73 Å². The van der Waals surface area contributed by atoms with Gasteiger partial charge in [-0.3, -0.25) is 5.84 Å². The molecule has 1 aliphatic rings. The lowest BCUT2D eigenvalue weighted by Crippen LogP contribution is -2.30. The minimum absolute atomic E-state index is 0.362. The Morgan fingerprint density at radius 1 is 1.36 bits per heavy atom. The summed E-state index contributed by atoms with van der Waals surface area (Å²) >= 11 is 5.92. The maximum Gasteiger partial charge on any atom is 0.109 e. The first-order valence-electron chi connectivity index (χ1n) is 4.02. The quantitative estimate of drug-likeness (QED) is 0.293. The average Bonchev–Trinajstić information content (AvgIpc) is 2.04. The van der Waals surface area contributed by atoms with Crippen molar-refractivity contribution >= 4 is 11.6 Å². The van der Waals surface area contributed by atoms with Gasteiger partial charge in [0.2, 0.25) is 0 Å². The number of rotatable bonds is 3. The molecule has 0 spiro atoms. The second kappa shape index (κ2) is 4.93. The number of hydrogen-bond donors (Lipinski definition) is 2. The first-order chi connectivity index (χ1) is 5.33. The summed E-state index contributed by atoms with van der Waals surface area (Å²) in [5, 5.41) is 0.362. The Kier molecular flexibility index (Phi) is 4.15. The van der Waals surface area contributed by atoms with Crippen molar-refractivity contribution in [3.63, 3.8) is 0 Å². The van der Waals surface area contributed by atoms with Gasteiger partial charge in [-0.05, 0) is 25.7 Å². The highest BCUT2D eigenvalue weighted by atomic mass is 35.5. The van der Waals surface area contributed by atoms with Crippen molar-refractivity contribution in [2.75, 3.05) is 6.73 Å². The summed E-state index contributed by atoms with van der Waals surface area (Å²) in [4.78, 5) is 0. The van der Waals surface area contributed by atoms with Crippen LogP contribution in [0.25, 0.3) is 0 Å². The molecule has 0 saturated heterocycles. The highest BCUT2D eigenvalue weighted by Gasteiger charge is 2.19. The molecule has 1 rings (SSSR count). The van der Waals surface area contributed by atoms with E-state index < -0.39 is 0 Å². The molecule has 0 heterocycles. The SMILES string of the molecule is NNCOC1CCC(Cl)CC1. The topological polar surface area (TPSA) is 47.3 Å². The van der Waals surface area contributed by atoms with E-state index in [1.165, 1.54) is 0 Å². The van der Waals surface area contributed by atoms with Gasteiger partial charge < -0.3 is 4.74 Å². The summed E-state index contributed by atoms with van der Waals surface area (Å²) in [5.41, 5.74) is 2.47. The fourth-order valence-corrected chi connectivity index (χ4v) is 1.61. The Morgan fingerprint density at radius 2 is 2.00 bits per heavy atom. The van der Waals surface area contributed by atoms with Gasteiger partial charge in [0.25, 0.3) is 0 Å². The Labute approximate surface area is 72.2 Å². The van der Waals surface area contributed by atoms with Gasteiger partial charge in [-0.1, -0.05) is 0 Å². The predicted octanol–water partition coefficient (Wildman–Crippen LogP) is 0.974. The van der Waals surface area contributed by atoms with Crippen LogP contribution in [0.4, 0.5) is 0 Å². The lowest BCUT2D eigenvalue weighted by molar-refractivity contribution is 0.0183. The van der Waals surface area contributed by atoms with Gasteiger partial charge in [-0.25, -0.2) is 5.43 Å². The van der Waals surface area contributed by atoms with Crippen molar-refractivity contribution < 1.29 is 4.74 Å². The number of hydrazine groups is 1.